The molecule has 1 aromatic rings. The summed E-state index contributed by atoms with van der Waals surface area (Å²) >= 11 is 5.82. The van der Waals surface area contributed by atoms with Gasteiger partial charge in [0.1, 0.15) is 0 Å². The lowest BCUT2D eigenvalue weighted by Gasteiger charge is -2.23. The van der Waals surface area contributed by atoms with Crippen molar-refractivity contribution in [1.82, 2.24) is 0 Å². The fourth-order valence-corrected chi connectivity index (χ4v) is 2.81. The molecule has 0 saturated carbocycles. The molecule has 94 valence electrons. The lowest BCUT2D eigenvalue weighted by molar-refractivity contribution is 0.459. The van der Waals surface area contributed by atoms with E-state index in [4.69, 9.17) is 11.6 Å². The van der Waals surface area contributed by atoms with Crippen molar-refractivity contribution in [3.05, 3.63) is 29.8 Å². The number of nitrogens with zero attached hydrogens (tertiary/aromatic N) is 1. The van der Waals surface area contributed by atoms with E-state index in [-0.39, 0.29) is 0 Å². The second kappa shape index (κ2) is 6.30. The lowest BCUT2D eigenvalue weighted by Crippen LogP contribution is -2.24. The highest BCUT2D eigenvalue weighted by Crippen LogP contribution is 2.24. The van der Waals surface area contributed by atoms with Gasteiger partial charge >= 0.3 is 0 Å². The number of benzene rings is 1. The van der Waals surface area contributed by atoms with E-state index in [1.807, 2.05) is 0 Å². The minimum atomic E-state index is 0.609. The Kier molecular flexibility index (Phi) is 4.73. The van der Waals surface area contributed by atoms with Crippen LogP contribution in [0.1, 0.15) is 38.2 Å². The summed E-state index contributed by atoms with van der Waals surface area (Å²) in [5.74, 6) is 1.54. The van der Waals surface area contributed by atoms with Gasteiger partial charge in [-0.2, -0.15) is 0 Å². The average Bonchev–Trinajstić information content (AvgIpc) is 2.64. The van der Waals surface area contributed by atoms with Gasteiger partial charge in [0.25, 0.3) is 0 Å². The third-order valence-electron chi connectivity index (χ3n) is 3.88. The number of alkyl halides is 1. The molecule has 1 aromatic carbocycles. The molecule has 1 aliphatic heterocycles. The van der Waals surface area contributed by atoms with Gasteiger partial charge in [0.15, 0.2) is 0 Å². The maximum Gasteiger partial charge on any atom is 0.0474 e. The molecule has 2 rings (SSSR count). The van der Waals surface area contributed by atoms with Crippen LogP contribution >= 0.6 is 11.6 Å². The van der Waals surface area contributed by atoms with Crippen LogP contribution in [0.5, 0.6) is 0 Å². The zero-order chi connectivity index (χ0) is 12.1. The van der Waals surface area contributed by atoms with Gasteiger partial charge in [-0.05, 0) is 42.9 Å². The molecular formula is C15H22ClN. The van der Waals surface area contributed by atoms with Crippen molar-refractivity contribution >= 4 is 17.3 Å². The Bertz CT molecular complexity index is 333. The van der Waals surface area contributed by atoms with E-state index in [2.05, 4.69) is 36.1 Å². The molecule has 1 saturated heterocycles. The monoisotopic (exact) mass is 251 g/mol. The molecule has 1 fully saturated rings. The molecule has 0 aromatic heterocycles. The van der Waals surface area contributed by atoms with E-state index in [0.717, 1.165) is 5.92 Å². The maximum atomic E-state index is 5.82. The number of hydrogen-bond donors (Lipinski definition) is 0. The fraction of sp³-hybridized carbons (Fsp3) is 0.600. The molecule has 0 radical (unpaired) electrons. The minimum Gasteiger partial charge on any atom is -0.372 e. The smallest absolute Gasteiger partial charge is 0.0474 e. The van der Waals surface area contributed by atoms with E-state index in [1.54, 1.807) is 0 Å². The highest BCUT2D eigenvalue weighted by atomic mass is 35.5. The Labute approximate surface area is 110 Å². The summed E-state index contributed by atoms with van der Waals surface area (Å²) in [5, 5.41) is 0. The maximum absolute atomic E-state index is 5.82. The standard InChI is InChI=1S/C15H22ClN/c1-2-13-4-3-10-17(11-9-13)15-7-5-14(12-16)6-8-15/h5-8,13H,2-4,9-12H2,1H3. The van der Waals surface area contributed by atoms with Crippen molar-refractivity contribution in [3.8, 4) is 0 Å². The Balaban J connectivity index is 2.01. The van der Waals surface area contributed by atoms with Crippen molar-refractivity contribution in [1.29, 1.82) is 0 Å². The van der Waals surface area contributed by atoms with Crippen LogP contribution in [0.3, 0.4) is 0 Å². The normalized spacial score (nSPS) is 21.3. The molecule has 1 atom stereocenters. The van der Waals surface area contributed by atoms with E-state index < -0.39 is 0 Å². The van der Waals surface area contributed by atoms with E-state index in [1.165, 1.54) is 50.0 Å². The number of rotatable bonds is 3. The van der Waals surface area contributed by atoms with Crippen LogP contribution in [0.2, 0.25) is 0 Å². The van der Waals surface area contributed by atoms with Gasteiger partial charge in [-0.3, -0.25) is 0 Å². The molecule has 0 aliphatic carbocycles. The first-order valence-electron chi connectivity index (χ1n) is 6.73. The van der Waals surface area contributed by atoms with E-state index in [9.17, 15) is 0 Å². The Morgan fingerprint density at radius 2 is 1.94 bits per heavy atom. The largest absolute Gasteiger partial charge is 0.372 e. The molecule has 2 heteroatoms. The van der Waals surface area contributed by atoms with Crippen LogP contribution < -0.4 is 4.90 Å². The Morgan fingerprint density at radius 3 is 2.59 bits per heavy atom. The van der Waals surface area contributed by atoms with Crippen LogP contribution in [0.15, 0.2) is 24.3 Å². The summed E-state index contributed by atoms with van der Waals surface area (Å²) in [4.78, 5) is 2.52. The molecule has 1 nitrogen and oxygen atoms in total. The van der Waals surface area contributed by atoms with E-state index in [0.29, 0.717) is 5.88 Å². The summed E-state index contributed by atoms with van der Waals surface area (Å²) < 4.78 is 0. The molecule has 1 aliphatic rings. The third kappa shape index (κ3) is 3.38. The summed E-state index contributed by atoms with van der Waals surface area (Å²) in [5.41, 5.74) is 2.56. The second-order valence-electron chi connectivity index (χ2n) is 4.99. The minimum absolute atomic E-state index is 0.609. The van der Waals surface area contributed by atoms with Crippen molar-refractivity contribution in [2.24, 2.45) is 5.92 Å². The van der Waals surface area contributed by atoms with Gasteiger partial charge in [0, 0.05) is 24.7 Å². The highest BCUT2D eigenvalue weighted by Gasteiger charge is 2.15. The molecule has 1 unspecified atom stereocenters. The second-order valence-corrected chi connectivity index (χ2v) is 5.26. The van der Waals surface area contributed by atoms with Crippen LogP contribution in [-0.2, 0) is 5.88 Å². The van der Waals surface area contributed by atoms with Gasteiger partial charge in [-0.1, -0.05) is 25.5 Å². The predicted octanol–water partition coefficient (Wildman–Crippen LogP) is 4.44. The van der Waals surface area contributed by atoms with Gasteiger partial charge in [0.05, 0.1) is 0 Å². The molecule has 17 heavy (non-hydrogen) atoms. The average molecular weight is 252 g/mol. The van der Waals surface area contributed by atoms with Crippen LogP contribution in [-0.4, -0.2) is 13.1 Å². The predicted molar refractivity (Wildman–Crippen MR) is 75.8 cm³/mol. The van der Waals surface area contributed by atoms with Crippen molar-refractivity contribution in [2.75, 3.05) is 18.0 Å². The molecule has 0 bridgehead atoms. The first-order valence-corrected chi connectivity index (χ1v) is 7.26. The van der Waals surface area contributed by atoms with Crippen LogP contribution in [0.25, 0.3) is 0 Å². The van der Waals surface area contributed by atoms with Gasteiger partial charge in [0.2, 0.25) is 0 Å². The SMILES string of the molecule is CCC1CCCN(c2ccc(CCl)cc2)CC1. The van der Waals surface area contributed by atoms with Crippen LogP contribution in [0, 0.1) is 5.92 Å². The molecule has 0 spiro atoms. The Morgan fingerprint density at radius 1 is 1.18 bits per heavy atom. The van der Waals surface area contributed by atoms with Crippen molar-refractivity contribution in [3.63, 3.8) is 0 Å². The van der Waals surface area contributed by atoms with Gasteiger partial charge in [-0.25, -0.2) is 0 Å². The third-order valence-corrected chi connectivity index (χ3v) is 4.19. The molecule has 1 heterocycles. The van der Waals surface area contributed by atoms with Crippen molar-refractivity contribution < 1.29 is 0 Å². The number of hydrogen-bond acceptors (Lipinski definition) is 1. The van der Waals surface area contributed by atoms with Crippen molar-refractivity contribution in [2.45, 2.75) is 38.5 Å². The topological polar surface area (TPSA) is 3.24 Å². The highest BCUT2D eigenvalue weighted by molar-refractivity contribution is 6.17. The zero-order valence-electron chi connectivity index (χ0n) is 10.7. The molecule has 0 N–H and O–H groups in total. The molecular weight excluding hydrogens is 230 g/mol. The van der Waals surface area contributed by atoms with Gasteiger partial charge < -0.3 is 4.90 Å². The fourth-order valence-electron chi connectivity index (χ4n) is 2.63. The zero-order valence-corrected chi connectivity index (χ0v) is 11.4. The summed E-state index contributed by atoms with van der Waals surface area (Å²) in [6.45, 7) is 4.73. The summed E-state index contributed by atoms with van der Waals surface area (Å²) in [6, 6.07) is 8.71. The summed E-state index contributed by atoms with van der Waals surface area (Å²) in [6.07, 6.45) is 5.40. The Hall–Kier alpha value is -0.690. The molecule has 0 amide bonds. The van der Waals surface area contributed by atoms with Gasteiger partial charge in [-0.15, -0.1) is 11.6 Å². The lowest BCUT2D eigenvalue weighted by atomic mass is 9.98. The first kappa shape index (κ1) is 12.8. The van der Waals surface area contributed by atoms with E-state index >= 15 is 0 Å². The first-order chi connectivity index (χ1) is 8.33. The quantitative estimate of drug-likeness (QED) is 0.718. The van der Waals surface area contributed by atoms with Crippen LogP contribution in [0.4, 0.5) is 5.69 Å². The number of halogens is 1. The number of anilines is 1. The summed E-state index contributed by atoms with van der Waals surface area (Å²) in [7, 11) is 0.